The van der Waals surface area contributed by atoms with Crippen LogP contribution in [0.5, 0.6) is 0 Å². The van der Waals surface area contributed by atoms with Gasteiger partial charge < -0.3 is 14.4 Å². The van der Waals surface area contributed by atoms with E-state index in [1.54, 1.807) is 30.0 Å². The number of amides is 1. The lowest BCUT2D eigenvalue weighted by Gasteiger charge is -2.31. The van der Waals surface area contributed by atoms with Crippen LogP contribution < -0.4 is 0 Å². The number of halogens is 2. The second-order valence-electron chi connectivity index (χ2n) is 7.12. The molecule has 1 saturated carbocycles. The van der Waals surface area contributed by atoms with Crippen LogP contribution in [0, 0.1) is 5.92 Å². The Bertz CT molecular complexity index is 687. The minimum atomic E-state index is -0.838. The van der Waals surface area contributed by atoms with Crippen molar-refractivity contribution in [3.05, 3.63) is 33.8 Å². The highest BCUT2D eigenvalue weighted by Crippen LogP contribution is 2.39. The van der Waals surface area contributed by atoms with Gasteiger partial charge in [-0.25, -0.2) is 4.79 Å². The van der Waals surface area contributed by atoms with Crippen molar-refractivity contribution in [2.75, 3.05) is 19.8 Å². The van der Waals surface area contributed by atoms with Crippen LogP contribution in [0.25, 0.3) is 0 Å². The lowest BCUT2D eigenvalue weighted by molar-refractivity contribution is -0.156. The highest BCUT2D eigenvalue weighted by molar-refractivity contribution is 6.35. The summed E-state index contributed by atoms with van der Waals surface area (Å²) in [6.07, 6.45) is 3.93. The molecular weight excluding hydrogens is 389 g/mol. The second kappa shape index (κ2) is 9.26. The quantitative estimate of drug-likeness (QED) is 0.592. The van der Waals surface area contributed by atoms with Gasteiger partial charge in [0.2, 0.25) is 5.91 Å². The molecule has 0 bridgehead atoms. The molecule has 3 rings (SSSR count). The summed E-state index contributed by atoms with van der Waals surface area (Å²) in [4.78, 5) is 27.6. The third-order valence-corrected chi connectivity index (χ3v) is 5.63. The average Bonchev–Trinajstić information content (AvgIpc) is 3.32. The first-order chi connectivity index (χ1) is 13.0. The Morgan fingerprint density at radius 2 is 2.07 bits per heavy atom. The number of rotatable bonds is 8. The van der Waals surface area contributed by atoms with Gasteiger partial charge in [0.15, 0.2) is 6.04 Å². The molecule has 0 radical (unpaired) electrons. The van der Waals surface area contributed by atoms with Crippen molar-refractivity contribution in [1.82, 2.24) is 4.90 Å². The van der Waals surface area contributed by atoms with E-state index in [1.165, 1.54) is 0 Å². The molecule has 0 aromatic heterocycles. The predicted octanol–water partition coefficient (Wildman–Crippen LogP) is 4.41. The molecule has 0 spiro atoms. The van der Waals surface area contributed by atoms with Gasteiger partial charge in [-0.3, -0.25) is 4.79 Å². The number of hydrogen-bond acceptors (Lipinski definition) is 4. The molecule has 1 amide bonds. The molecule has 2 fully saturated rings. The summed E-state index contributed by atoms with van der Waals surface area (Å²) < 4.78 is 10.7. The Morgan fingerprint density at radius 3 is 2.67 bits per heavy atom. The van der Waals surface area contributed by atoms with Crippen molar-refractivity contribution in [3.8, 4) is 0 Å². The molecular formula is C20H25Cl2NO4. The highest BCUT2D eigenvalue weighted by Gasteiger charge is 2.42. The summed E-state index contributed by atoms with van der Waals surface area (Å²) in [7, 11) is 0. The van der Waals surface area contributed by atoms with E-state index in [0.717, 1.165) is 32.3 Å². The zero-order valence-corrected chi connectivity index (χ0v) is 17.0. The Labute approximate surface area is 169 Å². The molecule has 2 aliphatic rings. The average molecular weight is 414 g/mol. The number of hydrogen-bond donors (Lipinski definition) is 0. The maximum atomic E-state index is 13.1. The zero-order valence-electron chi connectivity index (χ0n) is 15.5. The van der Waals surface area contributed by atoms with Crippen molar-refractivity contribution in [3.63, 3.8) is 0 Å². The molecule has 5 nitrogen and oxygen atoms in total. The summed E-state index contributed by atoms with van der Waals surface area (Å²) in [6, 6.07) is 4.20. The maximum Gasteiger partial charge on any atom is 0.333 e. The molecule has 1 saturated heterocycles. The number of ether oxygens (including phenoxy) is 2. The molecule has 27 heavy (non-hydrogen) atoms. The number of carbonyl (C=O) groups excluding carboxylic acids is 2. The monoisotopic (exact) mass is 413 g/mol. The normalized spacial score (nSPS) is 20.3. The van der Waals surface area contributed by atoms with Gasteiger partial charge in [-0.05, 0) is 50.7 Å². The largest absolute Gasteiger partial charge is 0.464 e. The molecule has 148 valence electrons. The van der Waals surface area contributed by atoms with Crippen molar-refractivity contribution in [1.29, 1.82) is 0 Å². The van der Waals surface area contributed by atoms with Gasteiger partial charge in [0.05, 0.1) is 6.61 Å². The van der Waals surface area contributed by atoms with Crippen molar-refractivity contribution in [2.24, 2.45) is 5.92 Å². The van der Waals surface area contributed by atoms with E-state index in [9.17, 15) is 9.59 Å². The van der Waals surface area contributed by atoms with Gasteiger partial charge in [-0.2, -0.15) is 0 Å². The van der Waals surface area contributed by atoms with Crippen LogP contribution in [0.4, 0.5) is 0 Å². The number of esters is 1. The van der Waals surface area contributed by atoms with Crippen LogP contribution in [-0.2, 0) is 19.1 Å². The van der Waals surface area contributed by atoms with E-state index in [2.05, 4.69) is 0 Å². The summed E-state index contributed by atoms with van der Waals surface area (Å²) in [6.45, 7) is 3.46. The SMILES string of the molecule is CCOC(=O)[C@@H](c1ccc(Cl)cc1Cl)N(C(=O)CC[C@@H]1CCOC1)C1CC1. The molecule has 2 atom stereocenters. The van der Waals surface area contributed by atoms with Crippen LogP contribution in [-0.4, -0.2) is 42.6 Å². The van der Waals surface area contributed by atoms with E-state index >= 15 is 0 Å². The Balaban J connectivity index is 1.84. The van der Waals surface area contributed by atoms with Crippen LogP contribution in [0.1, 0.15) is 50.6 Å². The van der Waals surface area contributed by atoms with Crippen LogP contribution >= 0.6 is 23.2 Å². The predicted molar refractivity (Wildman–Crippen MR) is 104 cm³/mol. The van der Waals surface area contributed by atoms with Crippen molar-refractivity contribution >= 4 is 35.1 Å². The standard InChI is InChI=1S/C20H25Cl2NO4/c1-2-27-20(25)19(16-7-4-14(21)11-17(16)22)23(15-5-6-15)18(24)8-3-13-9-10-26-12-13/h4,7,11,13,15,19H,2-3,5-6,8-10,12H2,1H3/t13-,19-/m1/s1. The maximum absolute atomic E-state index is 13.1. The van der Waals surface area contributed by atoms with Gasteiger partial charge in [0.25, 0.3) is 0 Å². The molecule has 1 aliphatic carbocycles. The number of carbonyl (C=O) groups is 2. The first-order valence-electron chi connectivity index (χ1n) is 9.51. The fourth-order valence-corrected chi connectivity index (χ4v) is 4.03. The van der Waals surface area contributed by atoms with E-state index in [4.69, 9.17) is 32.7 Å². The van der Waals surface area contributed by atoms with Gasteiger partial charge in [0, 0.05) is 41.3 Å². The Morgan fingerprint density at radius 1 is 1.30 bits per heavy atom. The van der Waals surface area contributed by atoms with E-state index in [1.807, 2.05) is 0 Å². The summed E-state index contributed by atoms with van der Waals surface area (Å²) in [5.41, 5.74) is 0.559. The summed E-state index contributed by atoms with van der Waals surface area (Å²) in [5, 5.41) is 0.847. The fourth-order valence-electron chi connectivity index (χ4n) is 3.51. The summed E-state index contributed by atoms with van der Waals surface area (Å²) in [5.74, 6) is -0.0743. The topological polar surface area (TPSA) is 55.8 Å². The molecule has 1 aliphatic heterocycles. The summed E-state index contributed by atoms with van der Waals surface area (Å²) >= 11 is 12.4. The number of nitrogens with zero attached hydrogens (tertiary/aromatic N) is 1. The van der Waals surface area contributed by atoms with Gasteiger partial charge in [0.1, 0.15) is 0 Å². The first kappa shape index (κ1) is 20.4. The fraction of sp³-hybridized carbons (Fsp3) is 0.600. The Kier molecular flexibility index (Phi) is 7.01. The molecule has 1 aromatic rings. The first-order valence-corrected chi connectivity index (χ1v) is 10.3. The molecule has 7 heteroatoms. The second-order valence-corrected chi connectivity index (χ2v) is 7.96. The van der Waals surface area contributed by atoms with Gasteiger partial charge >= 0.3 is 5.97 Å². The lowest BCUT2D eigenvalue weighted by atomic mass is 10.0. The molecule has 1 heterocycles. The van der Waals surface area contributed by atoms with E-state index in [0.29, 0.717) is 34.6 Å². The molecule has 0 unspecified atom stereocenters. The van der Waals surface area contributed by atoms with Crippen molar-refractivity contribution in [2.45, 2.75) is 51.1 Å². The Hall–Kier alpha value is -1.30. The molecule has 0 N–H and O–H groups in total. The van der Waals surface area contributed by atoms with Crippen LogP contribution in [0.2, 0.25) is 10.0 Å². The minimum Gasteiger partial charge on any atom is -0.464 e. The third kappa shape index (κ3) is 5.15. The van der Waals surface area contributed by atoms with Crippen LogP contribution in [0.15, 0.2) is 18.2 Å². The molecule has 1 aromatic carbocycles. The lowest BCUT2D eigenvalue weighted by Crippen LogP contribution is -2.41. The minimum absolute atomic E-state index is 0.0338. The number of benzene rings is 1. The smallest absolute Gasteiger partial charge is 0.333 e. The third-order valence-electron chi connectivity index (χ3n) is 5.06. The van der Waals surface area contributed by atoms with E-state index < -0.39 is 12.0 Å². The van der Waals surface area contributed by atoms with Gasteiger partial charge in [-0.1, -0.05) is 29.3 Å². The van der Waals surface area contributed by atoms with E-state index in [-0.39, 0.29) is 18.6 Å². The van der Waals surface area contributed by atoms with Crippen LogP contribution in [0.3, 0.4) is 0 Å². The van der Waals surface area contributed by atoms with Gasteiger partial charge in [-0.15, -0.1) is 0 Å². The van der Waals surface area contributed by atoms with Crippen molar-refractivity contribution < 1.29 is 19.1 Å². The highest BCUT2D eigenvalue weighted by atomic mass is 35.5. The zero-order chi connectivity index (χ0) is 19.4.